The molecule has 10 aliphatic rings. The monoisotopic (exact) mass is 1780 g/mol. The summed E-state index contributed by atoms with van der Waals surface area (Å²) in [4.78, 5) is 106. The molecule has 15 heterocycles. The highest BCUT2D eigenvalue weighted by molar-refractivity contribution is 7.88. The second-order valence-corrected chi connectivity index (χ2v) is 35.7. The predicted molar refractivity (Wildman–Crippen MR) is 515 cm³/mol. The first-order valence-corrected chi connectivity index (χ1v) is 50.2. The molecule has 0 spiro atoms. The van der Waals surface area contributed by atoms with Gasteiger partial charge in [0.05, 0.1) is 34.7 Å². The number of anilines is 5. The molecule has 5 fully saturated rings. The molecule has 5 saturated carbocycles. The first kappa shape index (κ1) is 98.8. The van der Waals surface area contributed by atoms with Crippen LogP contribution in [0.3, 0.4) is 0 Å². The molecule has 0 saturated heterocycles. The van der Waals surface area contributed by atoms with Gasteiger partial charge in [-0.15, -0.1) is 0 Å². The van der Waals surface area contributed by atoms with Crippen LogP contribution in [-0.4, -0.2) is 205 Å². The molecule has 5 aliphatic heterocycles. The maximum atomic E-state index is 12.1. The quantitative estimate of drug-likeness (QED) is 0.0429. The van der Waals surface area contributed by atoms with Crippen molar-refractivity contribution in [2.45, 2.75) is 355 Å². The number of nitrogens with one attached hydrogen (secondary N) is 10. The Balaban J connectivity index is 0.000000151. The number of fused-ring (bicyclic) bond motifs is 15. The van der Waals surface area contributed by atoms with E-state index in [0.717, 1.165) is 226 Å². The Morgan fingerprint density at radius 2 is 0.430 bits per heavy atom. The van der Waals surface area contributed by atoms with Crippen molar-refractivity contribution in [3.8, 4) is 0 Å². The number of ketones is 5. The summed E-state index contributed by atoms with van der Waals surface area (Å²) in [6.45, 7) is 24.3. The molecule has 10 N–H and O–H groups in total. The number of Topliss-reactive ketones (excluding diaryl/α,β-unsaturated/α-hetero) is 5. The highest BCUT2D eigenvalue weighted by Gasteiger charge is 2.32. The van der Waals surface area contributed by atoms with Crippen molar-refractivity contribution in [1.29, 1.82) is 0 Å². The molecule has 0 bridgehead atoms. The molecule has 0 aromatic carbocycles. The van der Waals surface area contributed by atoms with E-state index in [2.05, 4.69) is 102 Å². The summed E-state index contributed by atoms with van der Waals surface area (Å²) in [5.74, 6) is 4.34. The van der Waals surface area contributed by atoms with Crippen LogP contribution < -0.4 is 52.6 Å². The minimum Gasteiger partial charge on any atom is -0.351 e. The number of hydrogen-bond acceptors (Lipinski definition) is 26. The molecule has 698 valence electrons. The van der Waals surface area contributed by atoms with Gasteiger partial charge in [0.1, 0.15) is 28.2 Å². The van der Waals surface area contributed by atoms with Crippen LogP contribution in [0.1, 0.15) is 314 Å². The van der Waals surface area contributed by atoms with E-state index in [1.807, 2.05) is 175 Å². The van der Waals surface area contributed by atoms with Gasteiger partial charge in [-0.3, -0.25) is 24.0 Å². The minimum atomic E-state index is -3.16. The molecular weight excluding hydrogens is 1640 g/mol. The zero-order valence-corrected chi connectivity index (χ0v) is 79.6. The predicted octanol–water partition coefficient (Wildman–Crippen LogP) is 16.2. The summed E-state index contributed by atoms with van der Waals surface area (Å²) in [5.41, 5.74) is 8.20. The maximum absolute atomic E-state index is 12.1. The Morgan fingerprint density at radius 1 is 0.266 bits per heavy atom. The van der Waals surface area contributed by atoms with E-state index < -0.39 is 10.0 Å². The summed E-state index contributed by atoms with van der Waals surface area (Å²) < 4.78 is 35.5. The SMILES string of the molecule is CC.CC.CC.CC.CC.CNC1CCC(Nc2ncc3cc4n(c3n2)CCCC4=O)CC1.CNC1CCC(Nc2ncc3cc4n(c3n2)CCCC4=O)CC1.CNC1CCC(Nc2ncc3cc4n(c3n2)CCCC4=O)CC1.CNC1CCC(Nc2ncc3cc4n(c3n2)CCCC4=O)CC1.CS(=O)(=O)NC1CCC(Nc2ncc3cc4n(c3n2)CCCC4=O)CC1. The van der Waals surface area contributed by atoms with Crippen LogP contribution in [0.4, 0.5) is 29.7 Å². The number of aromatic nitrogens is 15. The molecule has 33 heteroatoms. The molecule has 0 amide bonds. The summed E-state index contributed by atoms with van der Waals surface area (Å²) in [5, 5.41) is 35.4. The highest BCUT2D eigenvalue weighted by Crippen LogP contribution is 2.34. The van der Waals surface area contributed by atoms with Gasteiger partial charge < -0.3 is 70.7 Å². The lowest BCUT2D eigenvalue weighted by Crippen LogP contribution is -2.39. The Morgan fingerprint density at radius 3 is 0.594 bits per heavy atom. The lowest BCUT2D eigenvalue weighted by molar-refractivity contribution is 0.0948. The van der Waals surface area contributed by atoms with Crippen molar-refractivity contribution in [1.82, 2.24) is 98.7 Å². The lowest BCUT2D eigenvalue weighted by Gasteiger charge is -2.29. The van der Waals surface area contributed by atoms with Gasteiger partial charge >= 0.3 is 0 Å². The molecule has 32 nitrogen and oxygen atoms in total. The van der Waals surface area contributed by atoms with Gasteiger partial charge in [-0.1, -0.05) is 69.2 Å². The second-order valence-electron chi connectivity index (χ2n) is 33.9. The van der Waals surface area contributed by atoms with Crippen LogP contribution in [-0.2, 0) is 42.7 Å². The normalized spacial score (nSPS) is 22.8. The number of carbonyl (C=O) groups is 5. The Bertz CT molecular complexity index is 4900. The van der Waals surface area contributed by atoms with Crippen molar-refractivity contribution >= 4 is 124 Å². The van der Waals surface area contributed by atoms with E-state index in [-0.39, 0.29) is 41.0 Å². The second kappa shape index (κ2) is 48.2. The number of hydrogen-bond donors (Lipinski definition) is 10. The molecule has 20 rings (SSSR count). The van der Waals surface area contributed by atoms with Gasteiger partial charge in [-0.05, 0) is 219 Å². The Hall–Kier alpha value is -9.80. The van der Waals surface area contributed by atoms with Crippen molar-refractivity contribution in [3.63, 3.8) is 0 Å². The van der Waals surface area contributed by atoms with E-state index >= 15 is 0 Å². The topological polar surface area (TPSA) is 393 Å². The van der Waals surface area contributed by atoms with Crippen LogP contribution in [0.2, 0.25) is 0 Å². The first-order valence-electron chi connectivity index (χ1n) is 48.3. The fourth-order valence-corrected chi connectivity index (χ4v) is 20.0. The molecule has 128 heavy (non-hydrogen) atoms. The fourth-order valence-electron chi connectivity index (χ4n) is 19.1. The van der Waals surface area contributed by atoms with Crippen molar-refractivity contribution < 1.29 is 32.4 Å². The molecule has 10 aromatic rings. The molecular formula is C95H145N25O7S. The average Bonchev–Trinajstić information content (AvgIpc) is 1.65. The summed E-state index contributed by atoms with van der Waals surface area (Å²) >= 11 is 0. The number of rotatable bonds is 16. The molecule has 10 aromatic heterocycles. The zero-order chi connectivity index (χ0) is 91.6. The third-order valence-electron chi connectivity index (χ3n) is 25.8. The third-order valence-corrected chi connectivity index (χ3v) is 26.6. The average molecular weight is 1780 g/mol. The van der Waals surface area contributed by atoms with Gasteiger partial charge in [0.2, 0.25) is 39.8 Å². The third kappa shape index (κ3) is 25.0. The standard InChI is InChI=1S/C17H23N5O3S.4C17H23N5O.5C2H6/c1-26(24,25)21-13-6-4-12(5-7-13)19-17-18-10-11-9-14-15(23)3-2-8-22(14)16(11)20-17;4*1-18-12-4-6-13(7-5-12)20-17-19-10-11-9-14-15(23)3-2-8-22(14)16(11)21-17;5*1-2/h9-10,12-13,21H,2-8H2,1H3,(H,18,19,20);4*9-10,12-13,18H,2-8H2,1H3,(H,19,20,21);5*1-2H3. The minimum absolute atomic E-state index is 0.00936. The van der Waals surface area contributed by atoms with Gasteiger partial charge in [0.15, 0.2) is 28.9 Å². The van der Waals surface area contributed by atoms with Gasteiger partial charge in [0, 0.05) is 183 Å². The molecule has 5 aliphatic carbocycles. The van der Waals surface area contributed by atoms with Crippen LogP contribution in [0.15, 0.2) is 61.3 Å². The van der Waals surface area contributed by atoms with Crippen LogP contribution in [0.25, 0.3) is 55.2 Å². The van der Waals surface area contributed by atoms with Gasteiger partial charge in [-0.25, -0.2) is 38.1 Å². The van der Waals surface area contributed by atoms with Gasteiger partial charge in [-0.2, -0.15) is 24.9 Å². The van der Waals surface area contributed by atoms with E-state index in [1.54, 1.807) is 6.20 Å². The number of sulfonamides is 1. The summed E-state index contributed by atoms with van der Waals surface area (Å²) in [6.07, 6.45) is 39.8. The Labute approximate surface area is 756 Å². The smallest absolute Gasteiger partial charge is 0.224 e. The molecule has 0 atom stereocenters. The molecule has 0 unspecified atom stereocenters. The number of nitrogens with zero attached hydrogens (tertiary/aromatic N) is 15. The number of aryl methyl sites for hydroxylation is 5. The van der Waals surface area contributed by atoms with Crippen LogP contribution in [0.5, 0.6) is 0 Å². The maximum Gasteiger partial charge on any atom is 0.224 e. The van der Waals surface area contributed by atoms with E-state index in [9.17, 15) is 32.4 Å². The van der Waals surface area contributed by atoms with Crippen molar-refractivity contribution in [2.24, 2.45) is 0 Å². The van der Waals surface area contributed by atoms with E-state index in [0.29, 0.717) is 110 Å². The zero-order valence-electron chi connectivity index (χ0n) is 78.8. The first-order chi connectivity index (χ1) is 62.4. The summed E-state index contributed by atoms with van der Waals surface area (Å²) in [7, 11) is 4.98. The molecule has 0 radical (unpaired) electrons. The summed E-state index contributed by atoms with van der Waals surface area (Å²) in [6, 6.07) is 14.1. The van der Waals surface area contributed by atoms with Crippen LogP contribution >= 0.6 is 0 Å². The van der Waals surface area contributed by atoms with Gasteiger partial charge in [0.25, 0.3) is 0 Å². The Kier molecular flexibility index (Phi) is 37.2. The van der Waals surface area contributed by atoms with Crippen molar-refractivity contribution in [2.75, 3.05) is 61.0 Å². The van der Waals surface area contributed by atoms with Crippen molar-refractivity contribution in [3.05, 3.63) is 89.8 Å². The largest absolute Gasteiger partial charge is 0.351 e. The number of carbonyl (C=O) groups excluding carboxylic acids is 5. The fraction of sp³-hybridized carbons (Fsp3) is 0.632. The van der Waals surface area contributed by atoms with E-state index in [4.69, 9.17) is 0 Å². The van der Waals surface area contributed by atoms with Crippen LogP contribution in [0, 0.1) is 0 Å². The lowest BCUT2D eigenvalue weighted by atomic mass is 9.91. The van der Waals surface area contributed by atoms with E-state index in [1.165, 1.54) is 57.6 Å². The highest BCUT2D eigenvalue weighted by atomic mass is 32.2.